The third-order valence-corrected chi connectivity index (χ3v) is 2.58. The topological polar surface area (TPSA) is 12.0 Å². The molecule has 0 radical (unpaired) electrons. The van der Waals surface area contributed by atoms with Gasteiger partial charge in [-0.05, 0) is 25.0 Å². The van der Waals surface area contributed by atoms with Gasteiger partial charge in [0, 0.05) is 17.3 Å². The summed E-state index contributed by atoms with van der Waals surface area (Å²) in [6, 6.07) is 8.99. The molecule has 0 aliphatic carbocycles. The predicted molar refractivity (Wildman–Crippen MR) is 57.8 cm³/mol. The first-order valence-corrected chi connectivity index (χ1v) is 4.85. The van der Waals surface area contributed by atoms with Crippen LogP contribution in [-0.2, 0) is 0 Å². The van der Waals surface area contributed by atoms with Crippen LogP contribution in [-0.4, -0.2) is 6.04 Å². The van der Waals surface area contributed by atoms with E-state index in [1.165, 1.54) is 16.8 Å². The van der Waals surface area contributed by atoms with E-state index in [9.17, 15) is 0 Å². The van der Waals surface area contributed by atoms with Crippen molar-refractivity contribution in [3.05, 3.63) is 35.9 Å². The van der Waals surface area contributed by atoms with Gasteiger partial charge in [0.2, 0.25) is 0 Å². The maximum Gasteiger partial charge on any atom is 0.0447 e. The number of allylic oxidation sites excluding steroid dienone is 1. The first-order valence-electron chi connectivity index (χ1n) is 4.85. The second kappa shape index (κ2) is 3.25. The van der Waals surface area contributed by atoms with E-state index in [1.54, 1.807) is 0 Å². The van der Waals surface area contributed by atoms with Gasteiger partial charge in [-0.1, -0.05) is 31.2 Å². The Morgan fingerprint density at radius 1 is 1.31 bits per heavy atom. The van der Waals surface area contributed by atoms with Gasteiger partial charge in [-0.3, -0.25) is 0 Å². The summed E-state index contributed by atoms with van der Waals surface area (Å²) in [5, 5.41) is 3.50. The Kier molecular flexibility index (Phi) is 2.09. The molecular formula is C12H15N. The lowest BCUT2D eigenvalue weighted by Crippen LogP contribution is -2.20. The molecule has 0 amide bonds. The van der Waals surface area contributed by atoms with Crippen molar-refractivity contribution in [1.82, 2.24) is 0 Å². The Bertz CT molecular complexity index is 339. The van der Waals surface area contributed by atoms with Crippen molar-refractivity contribution in [1.29, 1.82) is 0 Å². The maximum absolute atomic E-state index is 3.50. The highest BCUT2D eigenvalue weighted by atomic mass is 14.9. The quantitative estimate of drug-likeness (QED) is 0.687. The second-order valence-electron chi connectivity index (χ2n) is 3.55. The fraction of sp³-hybridized carbons (Fsp3) is 0.333. The van der Waals surface area contributed by atoms with Crippen LogP contribution in [0.4, 0.5) is 5.69 Å². The van der Waals surface area contributed by atoms with Crippen molar-refractivity contribution in [2.75, 3.05) is 5.32 Å². The number of benzene rings is 1. The van der Waals surface area contributed by atoms with E-state index in [2.05, 4.69) is 49.5 Å². The van der Waals surface area contributed by atoms with Crippen LogP contribution in [0.3, 0.4) is 0 Å². The highest BCUT2D eigenvalue weighted by molar-refractivity contribution is 5.78. The van der Waals surface area contributed by atoms with Gasteiger partial charge >= 0.3 is 0 Å². The fourth-order valence-electron chi connectivity index (χ4n) is 1.81. The van der Waals surface area contributed by atoms with Crippen molar-refractivity contribution < 1.29 is 0 Å². The molecule has 1 N–H and O–H groups in total. The van der Waals surface area contributed by atoms with Crippen LogP contribution in [0.1, 0.15) is 25.8 Å². The fourth-order valence-corrected chi connectivity index (χ4v) is 1.81. The van der Waals surface area contributed by atoms with Crippen molar-refractivity contribution in [2.45, 2.75) is 26.3 Å². The molecule has 13 heavy (non-hydrogen) atoms. The third kappa shape index (κ3) is 1.46. The molecule has 1 aliphatic heterocycles. The SMILES string of the molecule is CCC1C=C(C)c2ccccc2N1. The van der Waals surface area contributed by atoms with Gasteiger partial charge in [-0.2, -0.15) is 0 Å². The molecule has 0 spiro atoms. The molecule has 1 aromatic rings. The van der Waals surface area contributed by atoms with Gasteiger partial charge in [0.1, 0.15) is 0 Å². The highest BCUT2D eigenvalue weighted by Crippen LogP contribution is 2.29. The largest absolute Gasteiger partial charge is 0.378 e. The van der Waals surface area contributed by atoms with Crippen LogP contribution in [0.15, 0.2) is 30.3 Å². The molecule has 0 aromatic heterocycles. The molecular weight excluding hydrogens is 158 g/mol. The number of rotatable bonds is 1. The van der Waals surface area contributed by atoms with Crippen molar-refractivity contribution >= 4 is 11.3 Å². The summed E-state index contributed by atoms with van der Waals surface area (Å²) in [6.45, 7) is 4.39. The predicted octanol–water partition coefficient (Wildman–Crippen LogP) is 3.29. The first-order chi connectivity index (χ1) is 6.31. The summed E-state index contributed by atoms with van der Waals surface area (Å²) in [5.41, 5.74) is 4.00. The van der Waals surface area contributed by atoms with Crippen LogP contribution in [0.5, 0.6) is 0 Å². The zero-order valence-electron chi connectivity index (χ0n) is 8.17. The zero-order chi connectivity index (χ0) is 9.26. The third-order valence-electron chi connectivity index (χ3n) is 2.58. The van der Waals surface area contributed by atoms with Gasteiger partial charge in [-0.25, -0.2) is 0 Å². The Hall–Kier alpha value is -1.24. The van der Waals surface area contributed by atoms with E-state index in [1.807, 2.05) is 0 Å². The van der Waals surface area contributed by atoms with E-state index >= 15 is 0 Å². The molecule has 0 bridgehead atoms. The summed E-state index contributed by atoms with van der Waals surface area (Å²) < 4.78 is 0. The van der Waals surface area contributed by atoms with Gasteiger partial charge in [0.25, 0.3) is 0 Å². The minimum absolute atomic E-state index is 0.509. The van der Waals surface area contributed by atoms with E-state index in [0.717, 1.165) is 6.42 Å². The number of fused-ring (bicyclic) bond motifs is 1. The number of nitrogens with one attached hydrogen (secondary N) is 1. The number of hydrogen-bond acceptors (Lipinski definition) is 1. The zero-order valence-corrected chi connectivity index (χ0v) is 8.17. The first kappa shape index (κ1) is 8.36. The Balaban J connectivity index is 2.42. The Labute approximate surface area is 79.5 Å². The van der Waals surface area contributed by atoms with E-state index in [0.29, 0.717) is 6.04 Å². The summed E-state index contributed by atoms with van der Waals surface area (Å²) in [7, 11) is 0. The summed E-state index contributed by atoms with van der Waals surface area (Å²) in [6.07, 6.45) is 3.45. The molecule has 1 aliphatic rings. The normalized spacial score (nSPS) is 20.2. The molecule has 1 aromatic carbocycles. The lowest BCUT2D eigenvalue weighted by atomic mass is 9.97. The summed E-state index contributed by atoms with van der Waals surface area (Å²) in [4.78, 5) is 0. The van der Waals surface area contributed by atoms with Gasteiger partial charge < -0.3 is 5.32 Å². The van der Waals surface area contributed by atoms with E-state index in [4.69, 9.17) is 0 Å². The second-order valence-corrected chi connectivity index (χ2v) is 3.55. The summed E-state index contributed by atoms with van der Waals surface area (Å²) >= 11 is 0. The molecule has 1 nitrogen and oxygen atoms in total. The minimum Gasteiger partial charge on any atom is -0.378 e. The van der Waals surface area contributed by atoms with Crippen LogP contribution in [0.2, 0.25) is 0 Å². The Morgan fingerprint density at radius 3 is 2.85 bits per heavy atom. The Morgan fingerprint density at radius 2 is 2.08 bits per heavy atom. The number of para-hydroxylation sites is 1. The van der Waals surface area contributed by atoms with Crippen LogP contribution in [0.25, 0.3) is 5.57 Å². The average molecular weight is 173 g/mol. The van der Waals surface area contributed by atoms with Crippen molar-refractivity contribution in [2.24, 2.45) is 0 Å². The van der Waals surface area contributed by atoms with E-state index < -0.39 is 0 Å². The van der Waals surface area contributed by atoms with Crippen molar-refractivity contribution in [3.63, 3.8) is 0 Å². The standard InChI is InChI=1S/C12H15N/c1-3-10-8-9(2)11-6-4-5-7-12(11)13-10/h4-8,10,13H,3H2,1-2H3. The monoisotopic (exact) mass is 173 g/mol. The number of hydrogen-bond donors (Lipinski definition) is 1. The number of anilines is 1. The highest BCUT2D eigenvalue weighted by Gasteiger charge is 2.13. The smallest absolute Gasteiger partial charge is 0.0447 e. The van der Waals surface area contributed by atoms with Crippen LogP contribution < -0.4 is 5.32 Å². The van der Waals surface area contributed by atoms with Gasteiger partial charge in [0.15, 0.2) is 0 Å². The molecule has 0 saturated heterocycles. The molecule has 68 valence electrons. The lowest BCUT2D eigenvalue weighted by Gasteiger charge is -2.24. The molecule has 1 heterocycles. The molecule has 2 rings (SSSR count). The van der Waals surface area contributed by atoms with Gasteiger partial charge in [0.05, 0.1) is 0 Å². The molecule has 1 heteroatoms. The molecule has 0 fully saturated rings. The van der Waals surface area contributed by atoms with Crippen LogP contribution >= 0.6 is 0 Å². The minimum atomic E-state index is 0.509. The maximum atomic E-state index is 3.50. The average Bonchev–Trinajstić information content (AvgIpc) is 2.18. The molecule has 1 atom stereocenters. The van der Waals surface area contributed by atoms with E-state index in [-0.39, 0.29) is 0 Å². The molecule has 1 unspecified atom stereocenters. The van der Waals surface area contributed by atoms with Crippen LogP contribution in [0, 0.1) is 0 Å². The lowest BCUT2D eigenvalue weighted by molar-refractivity contribution is 0.827. The summed E-state index contributed by atoms with van der Waals surface area (Å²) in [5.74, 6) is 0. The molecule has 0 saturated carbocycles. The van der Waals surface area contributed by atoms with Gasteiger partial charge in [-0.15, -0.1) is 0 Å². The van der Waals surface area contributed by atoms with Crippen molar-refractivity contribution in [3.8, 4) is 0 Å².